The van der Waals surface area contributed by atoms with Gasteiger partial charge in [0.25, 0.3) is 0 Å². The number of rotatable bonds is 4. The summed E-state index contributed by atoms with van der Waals surface area (Å²) in [6.45, 7) is 5.99. The first-order chi connectivity index (χ1) is 13.0. The summed E-state index contributed by atoms with van der Waals surface area (Å²) in [5.74, 6) is 2.38. The van der Waals surface area contributed by atoms with Gasteiger partial charge in [-0.2, -0.15) is 0 Å². The number of hydrogen-bond donors (Lipinski definition) is 2. The molecule has 3 atom stereocenters. The van der Waals surface area contributed by atoms with Crippen molar-refractivity contribution in [2.75, 3.05) is 31.6 Å². The van der Waals surface area contributed by atoms with Crippen LogP contribution < -0.4 is 15.8 Å². The van der Waals surface area contributed by atoms with Crippen LogP contribution in [0.2, 0.25) is 0 Å². The Bertz CT molecular complexity index is 737. The first kappa shape index (κ1) is 18.2. The first-order valence-corrected chi connectivity index (χ1v) is 9.69. The van der Waals surface area contributed by atoms with Gasteiger partial charge in [0.15, 0.2) is 0 Å². The fourth-order valence-electron chi connectivity index (χ4n) is 4.06. The van der Waals surface area contributed by atoms with Crippen molar-refractivity contribution in [1.29, 1.82) is 0 Å². The van der Waals surface area contributed by atoms with Crippen molar-refractivity contribution in [1.82, 2.24) is 25.7 Å². The smallest absolute Gasteiger partial charge is 0.241 e. The van der Waals surface area contributed by atoms with Crippen LogP contribution in [-0.4, -0.2) is 59.6 Å². The van der Waals surface area contributed by atoms with Crippen LogP contribution in [0.4, 0.5) is 5.82 Å². The second-order valence-corrected chi connectivity index (χ2v) is 7.85. The van der Waals surface area contributed by atoms with Crippen LogP contribution in [0.1, 0.15) is 38.4 Å². The number of allylic oxidation sites excluding steroid dienone is 1. The van der Waals surface area contributed by atoms with Gasteiger partial charge in [0.2, 0.25) is 5.91 Å². The van der Waals surface area contributed by atoms with E-state index in [0.717, 1.165) is 36.7 Å². The number of aromatic nitrogens is 2. The predicted octanol–water partition coefficient (Wildman–Crippen LogP) is 0.991. The largest absolute Gasteiger partial charge is 0.496 e. The van der Waals surface area contributed by atoms with E-state index < -0.39 is 0 Å². The topological polar surface area (TPSA) is 82.6 Å². The molecule has 8 nitrogen and oxygen atoms in total. The molecular formula is C19H28N6O2. The normalized spacial score (nSPS) is 28.4. The average molecular weight is 372 g/mol. The molecule has 4 rings (SSSR count). The molecule has 0 bridgehead atoms. The molecule has 0 aromatic carbocycles. The lowest BCUT2D eigenvalue weighted by molar-refractivity contribution is -0.129. The number of carbonyl (C=O) groups excluding carboxylic acids is 1. The van der Waals surface area contributed by atoms with E-state index in [4.69, 9.17) is 4.74 Å². The number of hydrogen-bond acceptors (Lipinski definition) is 7. The predicted molar refractivity (Wildman–Crippen MR) is 102 cm³/mol. The van der Waals surface area contributed by atoms with Crippen molar-refractivity contribution < 1.29 is 9.53 Å². The lowest BCUT2D eigenvalue weighted by Crippen LogP contribution is -2.48. The number of carbonyl (C=O) groups is 1. The third-order valence-corrected chi connectivity index (χ3v) is 5.57. The maximum absolute atomic E-state index is 12.0. The number of piperazine rings is 1. The molecule has 1 aliphatic carbocycles. The van der Waals surface area contributed by atoms with E-state index >= 15 is 0 Å². The van der Waals surface area contributed by atoms with Gasteiger partial charge >= 0.3 is 0 Å². The number of likely N-dealkylation sites (N-methyl/N-ethyl adjacent to an activating group) is 1. The SMILES string of the molecule is CC(C)OC1=CC[C@H]2NN[C@@H](c3cc(N4CCN(C)C(=O)C4)ncn3)C2C1. The van der Waals surface area contributed by atoms with Gasteiger partial charge in [-0.25, -0.2) is 15.4 Å². The molecular weight excluding hydrogens is 344 g/mol. The molecule has 1 aromatic heterocycles. The second-order valence-electron chi connectivity index (χ2n) is 7.85. The van der Waals surface area contributed by atoms with Gasteiger partial charge in [0.05, 0.1) is 30.1 Å². The fraction of sp³-hybridized carbons (Fsp3) is 0.632. The molecule has 146 valence electrons. The third kappa shape index (κ3) is 3.77. The van der Waals surface area contributed by atoms with Crippen molar-refractivity contribution in [2.24, 2.45) is 5.92 Å². The molecule has 0 saturated carbocycles. The molecule has 27 heavy (non-hydrogen) atoms. The molecule has 1 aromatic rings. The molecule has 2 fully saturated rings. The summed E-state index contributed by atoms with van der Waals surface area (Å²) in [6, 6.07) is 2.49. The Kier molecular flexibility index (Phi) is 5.01. The molecule has 1 amide bonds. The Labute approximate surface area is 160 Å². The summed E-state index contributed by atoms with van der Waals surface area (Å²) in [4.78, 5) is 24.8. The van der Waals surface area contributed by atoms with Crippen molar-refractivity contribution in [3.05, 3.63) is 29.9 Å². The van der Waals surface area contributed by atoms with E-state index in [2.05, 4.69) is 40.7 Å². The Balaban J connectivity index is 1.50. The summed E-state index contributed by atoms with van der Waals surface area (Å²) < 4.78 is 5.95. The minimum atomic E-state index is 0.0966. The number of ether oxygens (including phenoxy) is 1. The zero-order valence-corrected chi connectivity index (χ0v) is 16.2. The van der Waals surface area contributed by atoms with Crippen LogP contribution in [0.3, 0.4) is 0 Å². The van der Waals surface area contributed by atoms with Crippen molar-refractivity contribution in [2.45, 2.75) is 44.9 Å². The highest BCUT2D eigenvalue weighted by Gasteiger charge is 2.40. The molecule has 1 unspecified atom stereocenters. The van der Waals surface area contributed by atoms with E-state index in [9.17, 15) is 4.79 Å². The summed E-state index contributed by atoms with van der Waals surface area (Å²) >= 11 is 0. The molecule has 2 saturated heterocycles. The van der Waals surface area contributed by atoms with Crippen molar-refractivity contribution >= 4 is 11.7 Å². The van der Waals surface area contributed by atoms with Crippen molar-refractivity contribution in [3.8, 4) is 0 Å². The monoisotopic (exact) mass is 372 g/mol. The maximum Gasteiger partial charge on any atom is 0.241 e. The first-order valence-electron chi connectivity index (χ1n) is 9.69. The Hall–Kier alpha value is -2.19. The van der Waals surface area contributed by atoms with Crippen molar-refractivity contribution in [3.63, 3.8) is 0 Å². The average Bonchev–Trinajstić information content (AvgIpc) is 3.07. The summed E-state index contributed by atoms with van der Waals surface area (Å²) in [5, 5.41) is 0. The van der Waals surface area contributed by atoms with Gasteiger partial charge in [0, 0.05) is 44.6 Å². The van der Waals surface area contributed by atoms with Crippen LogP contribution >= 0.6 is 0 Å². The summed E-state index contributed by atoms with van der Waals surface area (Å²) in [7, 11) is 1.84. The zero-order valence-electron chi connectivity index (χ0n) is 16.2. The number of nitrogens with zero attached hydrogens (tertiary/aromatic N) is 4. The fourth-order valence-corrected chi connectivity index (χ4v) is 4.06. The Morgan fingerprint density at radius 1 is 1.26 bits per heavy atom. The number of nitrogens with one attached hydrogen (secondary N) is 2. The molecule has 2 N–H and O–H groups in total. The van der Waals surface area contributed by atoms with E-state index in [1.807, 2.05) is 18.0 Å². The lowest BCUT2D eigenvalue weighted by Gasteiger charge is -2.33. The highest BCUT2D eigenvalue weighted by atomic mass is 16.5. The van der Waals surface area contributed by atoms with Gasteiger partial charge < -0.3 is 14.5 Å². The molecule has 3 aliphatic rings. The number of amides is 1. The molecule has 0 radical (unpaired) electrons. The molecule has 8 heteroatoms. The third-order valence-electron chi connectivity index (χ3n) is 5.57. The van der Waals surface area contributed by atoms with Gasteiger partial charge in [-0.15, -0.1) is 0 Å². The Morgan fingerprint density at radius 2 is 2.11 bits per heavy atom. The minimum Gasteiger partial charge on any atom is -0.496 e. The minimum absolute atomic E-state index is 0.0966. The van der Waals surface area contributed by atoms with E-state index in [0.29, 0.717) is 25.0 Å². The van der Waals surface area contributed by atoms with Crippen LogP contribution in [0.15, 0.2) is 24.2 Å². The lowest BCUT2D eigenvalue weighted by atomic mass is 9.83. The quantitative estimate of drug-likeness (QED) is 0.816. The van der Waals surface area contributed by atoms with Gasteiger partial charge in [-0.3, -0.25) is 10.2 Å². The standard InChI is InChI=1S/C19H28N6O2/c1-12(2)27-13-4-5-15-14(8-13)19(23-22-15)16-9-17(21-11-20-16)25-7-6-24(3)18(26)10-25/h4,9,11-12,14-15,19,22-23H,5-8,10H2,1-3H3/t14?,15-,19-/m1/s1. The van der Waals surface area contributed by atoms with Gasteiger partial charge in [-0.1, -0.05) is 0 Å². The van der Waals surface area contributed by atoms with Crippen LogP contribution in [-0.2, 0) is 9.53 Å². The van der Waals surface area contributed by atoms with E-state index in [1.165, 1.54) is 0 Å². The zero-order chi connectivity index (χ0) is 19.0. The maximum atomic E-state index is 12.0. The second kappa shape index (κ2) is 7.44. The van der Waals surface area contributed by atoms with Crippen LogP contribution in [0.25, 0.3) is 0 Å². The van der Waals surface area contributed by atoms with E-state index in [1.54, 1.807) is 11.2 Å². The summed E-state index contributed by atoms with van der Waals surface area (Å²) in [6.07, 6.45) is 5.82. The van der Waals surface area contributed by atoms with Crippen LogP contribution in [0, 0.1) is 5.92 Å². The highest BCUT2D eigenvalue weighted by Crippen LogP contribution is 2.38. The number of fused-ring (bicyclic) bond motifs is 1. The number of hydrazine groups is 1. The number of anilines is 1. The van der Waals surface area contributed by atoms with Crippen LogP contribution in [0.5, 0.6) is 0 Å². The summed E-state index contributed by atoms with van der Waals surface area (Å²) in [5.41, 5.74) is 7.78. The molecule has 3 heterocycles. The van der Waals surface area contributed by atoms with E-state index in [-0.39, 0.29) is 18.1 Å². The molecule has 2 aliphatic heterocycles. The Morgan fingerprint density at radius 3 is 2.89 bits per heavy atom. The highest BCUT2D eigenvalue weighted by molar-refractivity contribution is 5.82. The van der Waals surface area contributed by atoms with Gasteiger partial charge in [0.1, 0.15) is 12.1 Å². The molecule has 0 spiro atoms. The van der Waals surface area contributed by atoms with Gasteiger partial charge in [-0.05, 0) is 26.3 Å².